The van der Waals surface area contributed by atoms with Crippen LogP contribution in [-0.2, 0) is 6.61 Å². The Labute approximate surface area is 98.9 Å². The summed E-state index contributed by atoms with van der Waals surface area (Å²) in [5.41, 5.74) is 1.49. The lowest BCUT2D eigenvalue weighted by atomic mass is 10.1. The van der Waals surface area contributed by atoms with Gasteiger partial charge >= 0.3 is 0 Å². The van der Waals surface area contributed by atoms with E-state index in [4.69, 9.17) is 10.4 Å². The highest BCUT2D eigenvalue weighted by Crippen LogP contribution is 2.32. The molecule has 0 saturated heterocycles. The molecule has 0 atom stereocenters. The van der Waals surface area contributed by atoms with E-state index in [-0.39, 0.29) is 6.61 Å². The van der Waals surface area contributed by atoms with Crippen molar-refractivity contribution < 1.29 is 5.11 Å². The van der Waals surface area contributed by atoms with E-state index >= 15 is 0 Å². The lowest BCUT2D eigenvalue weighted by Crippen LogP contribution is -1.84. The van der Waals surface area contributed by atoms with Gasteiger partial charge in [-0.1, -0.05) is 0 Å². The van der Waals surface area contributed by atoms with Crippen molar-refractivity contribution in [2.75, 3.05) is 0 Å². The average Bonchev–Trinajstić information content (AvgIpc) is 2.63. The number of aliphatic hydroxyl groups excluding tert-OH is 1. The third-order valence-corrected chi connectivity index (χ3v) is 4.37. The SMILES string of the molecule is N#Cc1ccc(I)c2scc(CO)c12. The van der Waals surface area contributed by atoms with Crippen LogP contribution in [-0.4, -0.2) is 5.11 Å². The van der Waals surface area contributed by atoms with Crippen molar-refractivity contribution >= 4 is 44.0 Å². The van der Waals surface area contributed by atoms with Crippen LogP contribution in [0.5, 0.6) is 0 Å². The summed E-state index contributed by atoms with van der Waals surface area (Å²) in [5.74, 6) is 0. The average molecular weight is 315 g/mol. The molecule has 1 aromatic heterocycles. The van der Waals surface area contributed by atoms with Crippen molar-refractivity contribution in [1.82, 2.24) is 0 Å². The predicted octanol–water partition coefficient (Wildman–Crippen LogP) is 2.87. The van der Waals surface area contributed by atoms with Crippen molar-refractivity contribution in [2.24, 2.45) is 0 Å². The van der Waals surface area contributed by atoms with Gasteiger partial charge in [-0.3, -0.25) is 0 Å². The summed E-state index contributed by atoms with van der Waals surface area (Å²) in [6.07, 6.45) is 0. The van der Waals surface area contributed by atoms with Gasteiger partial charge in [0.1, 0.15) is 0 Å². The molecule has 1 N–H and O–H groups in total. The van der Waals surface area contributed by atoms with E-state index in [1.165, 1.54) is 0 Å². The van der Waals surface area contributed by atoms with Gasteiger partial charge in [-0.25, -0.2) is 0 Å². The van der Waals surface area contributed by atoms with E-state index in [0.29, 0.717) is 5.56 Å². The summed E-state index contributed by atoms with van der Waals surface area (Å²) in [7, 11) is 0. The predicted molar refractivity (Wildman–Crippen MR) is 65.2 cm³/mol. The summed E-state index contributed by atoms with van der Waals surface area (Å²) in [6.45, 7) is -0.00519. The molecule has 0 radical (unpaired) electrons. The smallest absolute Gasteiger partial charge is 0.0998 e. The highest BCUT2D eigenvalue weighted by Gasteiger charge is 2.10. The van der Waals surface area contributed by atoms with Crippen molar-refractivity contribution in [3.8, 4) is 6.07 Å². The zero-order valence-electron chi connectivity index (χ0n) is 7.12. The fraction of sp³-hybridized carbons (Fsp3) is 0.100. The van der Waals surface area contributed by atoms with Crippen molar-refractivity contribution in [1.29, 1.82) is 5.26 Å². The maximum Gasteiger partial charge on any atom is 0.0998 e. The molecule has 0 fully saturated rings. The third kappa shape index (κ3) is 1.41. The van der Waals surface area contributed by atoms with Crippen LogP contribution in [0.15, 0.2) is 17.5 Å². The Morgan fingerprint density at radius 3 is 2.93 bits per heavy atom. The lowest BCUT2D eigenvalue weighted by Gasteiger charge is -1.98. The molecule has 0 aliphatic carbocycles. The van der Waals surface area contributed by atoms with Gasteiger partial charge in [-0.2, -0.15) is 5.26 Å². The molecule has 0 aliphatic heterocycles. The topological polar surface area (TPSA) is 44.0 Å². The van der Waals surface area contributed by atoms with Crippen LogP contribution in [0.3, 0.4) is 0 Å². The molecule has 0 saturated carbocycles. The van der Waals surface area contributed by atoms with Gasteiger partial charge in [0.05, 0.1) is 18.2 Å². The normalized spacial score (nSPS) is 10.4. The van der Waals surface area contributed by atoms with Gasteiger partial charge in [0.15, 0.2) is 0 Å². The quantitative estimate of drug-likeness (QED) is 0.823. The Bertz CT molecular complexity index is 527. The molecule has 14 heavy (non-hydrogen) atoms. The van der Waals surface area contributed by atoms with Crippen LogP contribution >= 0.6 is 33.9 Å². The number of hydrogen-bond donors (Lipinski definition) is 1. The molecule has 0 unspecified atom stereocenters. The van der Waals surface area contributed by atoms with E-state index in [0.717, 1.165) is 19.2 Å². The minimum atomic E-state index is -0.00519. The Balaban J connectivity index is 2.90. The van der Waals surface area contributed by atoms with Crippen LogP contribution in [0.25, 0.3) is 10.1 Å². The fourth-order valence-electron chi connectivity index (χ4n) is 1.39. The molecule has 2 aromatic rings. The zero-order valence-corrected chi connectivity index (χ0v) is 10.1. The van der Waals surface area contributed by atoms with Gasteiger partial charge in [0.25, 0.3) is 0 Å². The molecule has 1 aromatic carbocycles. The molecule has 70 valence electrons. The number of aliphatic hydroxyl groups is 1. The molecule has 4 heteroatoms. The number of nitriles is 1. The maximum absolute atomic E-state index is 9.13. The molecule has 0 amide bonds. The number of benzene rings is 1. The molecular formula is C10H6INOS. The molecule has 2 nitrogen and oxygen atoms in total. The standard InChI is InChI=1S/C10H6INOS/c11-8-2-1-6(3-12)9-7(4-13)5-14-10(8)9/h1-2,5,13H,4H2. The molecular weight excluding hydrogens is 309 g/mol. The number of halogens is 1. The first kappa shape index (κ1) is 9.90. The van der Waals surface area contributed by atoms with Crippen LogP contribution in [0.1, 0.15) is 11.1 Å². The summed E-state index contributed by atoms with van der Waals surface area (Å²) < 4.78 is 2.22. The monoisotopic (exact) mass is 315 g/mol. The first-order valence-corrected chi connectivity index (χ1v) is 5.93. The number of thiophene rings is 1. The Morgan fingerprint density at radius 1 is 1.50 bits per heavy atom. The van der Waals surface area contributed by atoms with E-state index in [2.05, 4.69) is 28.7 Å². The molecule has 0 bridgehead atoms. The minimum absolute atomic E-state index is 0.00519. The molecule has 1 heterocycles. The Kier molecular flexibility index (Phi) is 2.72. The van der Waals surface area contributed by atoms with Crippen molar-refractivity contribution in [2.45, 2.75) is 6.61 Å². The molecule has 2 rings (SSSR count). The van der Waals surface area contributed by atoms with Crippen molar-refractivity contribution in [3.05, 3.63) is 32.2 Å². The largest absolute Gasteiger partial charge is 0.392 e. The lowest BCUT2D eigenvalue weighted by molar-refractivity contribution is 0.284. The van der Waals surface area contributed by atoms with Crippen LogP contribution in [0.4, 0.5) is 0 Å². The number of hydrogen-bond acceptors (Lipinski definition) is 3. The highest BCUT2D eigenvalue weighted by atomic mass is 127. The summed E-state index contributed by atoms with van der Waals surface area (Å²) in [5, 5.41) is 20.9. The second-order valence-corrected chi connectivity index (χ2v) is 4.87. The van der Waals surface area contributed by atoms with Gasteiger partial charge in [0, 0.05) is 13.7 Å². The number of nitrogens with zero attached hydrogens (tertiary/aromatic N) is 1. The summed E-state index contributed by atoms with van der Waals surface area (Å²) in [6, 6.07) is 5.88. The van der Waals surface area contributed by atoms with E-state index in [1.54, 1.807) is 17.4 Å². The summed E-state index contributed by atoms with van der Waals surface area (Å²) in [4.78, 5) is 0. The number of fused-ring (bicyclic) bond motifs is 1. The van der Waals surface area contributed by atoms with E-state index < -0.39 is 0 Å². The van der Waals surface area contributed by atoms with Gasteiger partial charge in [-0.15, -0.1) is 11.3 Å². The van der Waals surface area contributed by atoms with Crippen LogP contribution in [0.2, 0.25) is 0 Å². The fourth-order valence-corrected chi connectivity index (χ4v) is 3.21. The van der Waals surface area contributed by atoms with E-state index in [1.807, 2.05) is 11.4 Å². The highest BCUT2D eigenvalue weighted by molar-refractivity contribution is 14.1. The van der Waals surface area contributed by atoms with Crippen LogP contribution < -0.4 is 0 Å². The second-order valence-electron chi connectivity index (χ2n) is 2.83. The number of rotatable bonds is 1. The molecule has 0 spiro atoms. The van der Waals surface area contributed by atoms with E-state index in [9.17, 15) is 0 Å². The Hall–Kier alpha value is -0.640. The maximum atomic E-state index is 9.13. The first-order valence-electron chi connectivity index (χ1n) is 3.97. The first-order chi connectivity index (χ1) is 6.77. The van der Waals surface area contributed by atoms with Gasteiger partial charge in [-0.05, 0) is 45.7 Å². The summed E-state index contributed by atoms with van der Waals surface area (Å²) >= 11 is 3.82. The molecule has 0 aliphatic rings. The van der Waals surface area contributed by atoms with Gasteiger partial charge in [0.2, 0.25) is 0 Å². The van der Waals surface area contributed by atoms with Crippen LogP contribution in [0, 0.1) is 14.9 Å². The zero-order chi connectivity index (χ0) is 10.1. The van der Waals surface area contributed by atoms with Gasteiger partial charge < -0.3 is 5.11 Å². The van der Waals surface area contributed by atoms with Crippen molar-refractivity contribution in [3.63, 3.8) is 0 Å². The second kappa shape index (κ2) is 3.85. The Morgan fingerprint density at radius 2 is 2.29 bits per heavy atom. The third-order valence-electron chi connectivity index (χ3n) is 2.04. The minimum Gasteiger partial charge on any atom is -0.392 e.